The highest BCUT2D eigenvalue weighted by Gasteiger charge is 2.23. The first-order valence-corrected chi connectivity index (χ1v) is 7.74. The molecule has 0 bridgehead atoms. The predicted molar refractivity (Wildman–Crippen MR) is 80.4 cm³/mol. The maximum absolute atomic E-state index is 12.0. The van der Waals surface area contributed by atoms with Gasteiger partial charge in [-0.25, -0.2) is 0 Å². The van der Waals surface area contributed by atoms with E-state index in [2.05, 4.69) is 24.5 Å². The molecule has 1 fully saturated rings. The molecule has 0 spiro atoms. The zero-order valence-corrected chi connectivity index (χ0v) is 13.1. The number of amides is 2. The van der Waals surface area contributed by atoms with Gasteiger partial charge < -0.3 is 15.5 Å². The topological polar surface area (TPSA) is 61.4 Å². The van der Waals surface area contributed by atoms with Gasteiger partial charge in [0.15, 0.2) is 0 Å². The Morgan fingerprint density at radius 2 is 1.90 bits per heavy atom. The summed E-state index contributed by atoms with van der Waals surface area (Å²) < 4.78 is 0. The van der Waals surface area contributed by atoms with E-state index in [9.17, 15) is 9.59 Å². The average Bonchev–Trinajstić information content (AvgIpc) is 2.39. The predicted octanol–water partition coefficient (Wildman–Crippen LogP) is 1.14. The van der Waals surface area contributed by atoms with E-state index in [1.807, 2.05) is 4.90 Å². The number of nitrogens with zero attached hydrogens (tertiary/aromatic N) is 1. The van der Waals surface area contributed by atoms with Crippen molar-refractivity contribution in [3.05, 3.63) is 0 Å². The van der Waals surface area contributed by atoms with Crippen LogP contribution in [-0.4, -0.2) is 49.4 Å². The fraction of sp³-hybridized carbons (Fsp3) is 0.867. The van der Waals surface area contributed by atoms with Gasteiger partial charge in [-0.1, -0.05) is 20.3 Å². The van der Waals surface area contributed by atoms with E-state index >= 15 is 0 Å². The van der Waals surface area contributed by atoms with E-state index in [0.717, 1.165) is 38.8 Å². The number of hydrogen-bond donors (Lipinski definition) is 2. The summed E-state index contributed by atoms with van der Waals surface area (Å²) >= 11 is 0. The maximum atomic E-state index is 12.0. The molecule has 116 valence electrons. The molecule has 0 unspecified atom stereocenters. The number of likely N-dealkylation sites (tertiary alicyclic amines) is 1. The van der Waals surface area contributed by atoms with Gasteiger partial charge in [0.25, 0.3) is 0 Å². The lowest BCUT2D eigenvalue weighted by molar-refractivity contribution is -0.132. The Kier molecular flexibility index (Phi) is 7.59. The number of carbonyl (C=O) groups is 2. The number of likely N-dealkylation sites (N-methyl/N-ethyl adjacent to an activating group) is 1. The molecule has 1 aliphatic heterocycles. The smallest absolute Gasteiger partial charge is 0.234 e. The molecule has 0 aromatic heterocycles. The first-order chi connectivity index (χ1) is 9.52. The van der Waals surface area contributed by atoms with Crippen molar-refractivity contribution in [2.24, 2.45) is 5.92 Å². The fourth-order valence-corrected chi connectivity index (χ4v) is 2.53. The molecule has 1 saturated heterocycles. The molecule has 0 aromatic rings. The minimum Gasteiger partial charge on any atom is -0.352 e. The van der Waals surface area contributed by atoms with Crippen molar-refractivity contribution in [1.29, 1.82) is 0 Å². The molecule has 0 aromatic carbocycles. The van der Waals surface area contributed by atoms with Crippen LogP contribution in [-0.2, 0) is 9.59 Å². The highest BCUT2D eigenvalue weighted by molar-refractivity contribution is 5.78. The molecule has 0 radical (unpaired) electrons. The van der Waals surface area contributed by atoms with Gasteiger partial charge in [-0.3, -0.25) is 9.59 Å². The largest absolute Gasteiger partial charge is 0.352 e. The van der Waals surface area contributed by atoms with Gasteiger partial charge in [-0.2, -0.15) is 0 Å². The van der Waals surface area contributed by atoms with Crippen LogP contribution in [0.25, 0.3) is 0 Å². The molecule has 2 N–H and O–H groups in total. The van der Waals surface area contributed by atoms with Gasteiger partial charge in [0.05, 0.1) is 6.54 Å². The molecule has 1 rings (SSSR count). The van der Waals surface area contributed by atoms with Gasteiger partial charge >= 0.3 is 0 Å². The third kappa shape index (κ3) is 6.37. The van der Waals surface area contributed by atoms with Crippen molar-refractivity contribution < 1.29 is 9.59 Å². The van der Waals surface area contributed by atoms with Crippen LogP contribution in [0, 0.1) is 5.92 Å². The summed E-state index contributed by atoms with van der Waals surface area (Å²) in [5, 5.41) is 5.84. The van der Waals surface area contributed by atoms with E-state index in [1.165, 1.54) is 0 Å². The highest BCUT2D eigenvalue weighted by Crippen LogP contribution is 2.14. The van der Waals surface area contributed by atoms with Gasteiger partial charge in [-0.15, -0.1) is 0 Å². The molecular weight excluding hydrogens is 254 g/mol. The van der Waals surface area contributed by atoms with Gasteiger partial charge in [-0.05, 0) is 32.2 Å². The standard InChI is InChI=1S/C15H29N3O2/c1-12(2)5-4-6-15(20)18-9-7-13(8-10-18)17-14(19)11-16-3/h12-13,16H,4-11H2,1-3H3,(H,17,19). The van der Waals surface area contributed by atoms with E-state index < -0.39 is 0 Å². The Labute approximate surface area is 122 Å². The molecule has 1 heterocycles. The summed E-state index contributed by atoms with van der Waals surface area (Å²) in [7, 11) is 1.76. The zero-order chi connectivity index (χ0) is 15.0. The van der Waals surface area contributed by atoms with Crippen LogP contribution in [0.15, 0.2) is 0 Å². The van der Waals surface area contributed by atoms with Crippen LogP contribution in [0.2, 0.25) is 0 Å². The van der Waals surface area contributed by atoms with Gasteiger partial charge in [0.1, 0.15) is 0 Å². The molecule has 5 nitrogen and oxygen atoms in total. The fourth-order valence-electron chi connectivity index (χ4n) is 2.53. The third-order valence-corrected chi connectivity index (χ3v) is 3.72. The normalized spacial score (nSPS) is 16.5. The van der Waals surface area contributed by atoms with Crippen molar-refractivity contribution in [3.8, 4) is 0 Å². The highest BCUT2D eigenvalue weighted by atomic mass is 16.2. The second-order valence-corrected chi connectivity index (χ2v) is 6.04. The van der Waals surface area contributed by atoms with Crippen LogP contribution in [0.1, 0.15) is 46.0 Å². The maximum Gasteiger partial charge on any atom is 0.234 e. The van der Waals surface area contributed by atoms with E-state index in [0.29, 0.717) is 18.9 Å². The molecule has 1 aliphatic rings. The zero-order valence-electron chi connectivity index (χ0n) is 13.1. The Morgan fingerprint density at radius 3 is 2.45 bits per heavy atom. The lowest BCUT2D eigenvalue weighted by Gasteiger charge is -2.32. The van der Waals surface area contributed by atoms with Crippen LogP contribution in [0.5, 0.6) is 0 Å². The van der Waals surface area contributed by atoms with Crippen LogP contribution < -0.4 is 10.6 Å². The molecule has 5 heteroatoms. The molecule has 0 aliphatic carbocycles. The molecule has 0 atom stereocenters. The first-order valence-electron chi connectivity index (χ1n) is 7.74. The number of carbonyl (C=O) groups excluding carboxylic acids is 2. The van der Waals surface area contributed by atoms with Crippen molar-refractivity contribution in [2.45, 2.75) is 52.0 Å². The second kappa shape index (κ2) is 8.95. The first kappa shape index (κ1) is 17.0. The van der Waals surface area contributed by atoms with Crippen molar-refractivity contribution in [3.63, 3.8) is 0 Å². The van der Waals surface area contributed by atoms with E-state index in [1.54, 1.807) is 7.05 Å². The quantitative estimate of drug-likeness (QED) is 0.736. The second-order valence-electron chi connectivity index (χ2n) is 6.04. The van der Waals surface area contributed by atoms with Crippen LogP contribution in [0.3, 0.4) is 0 Å². The monoisotopic (exact) mass is 283 g/mol. The summed E-state index contributed by atoms with van der Waals surface area (Å²) in [4.78, 5) is 25.5. The minimum absolute atomic E-state index is 0.0363. The van der Waals surface area contributed by atoms with Gasteiger partial charge in [0, 0.05) is 25.6 Å². The van der Waals surface area contributed by atoms with Crippen molar-refractivity contribution >= 4 is 11.8 Å². The number of piperidine rings is 1. The number of nitrogens with one attached hydrogen (secondary N) is 2. The van der Waals surface area contributed by atoms with Crippen molar-refractivity contribution in [2.75, 3.05) is 26.7 Å². The lowest BCUT2D eigenvalue weighted by atomic mass is 10.0. The number of hydrogen-bond acceptors (Lipinski definition) is 3. The van der Waals surface area contributed by atoms with E-state index in [-0.39, 0.29) is 17.9 Å². The lowest BCUT2D eigenvalue weighted by Crippen LogP contribution is -2.48. The van der Waals surface area contributed by atoms with Crippen LogP contribution >= 0.6 is 0 Å². The minimum atomic E-state index is 0.0363. The summed E-state index contributed by atoms with van der Waals surface area (Å²) in [6.07, 6.45) is 4.49. The Morgan fingerprint density at radius 1 is 1.25 bits per heavy atom. The van der Waals surface area contributed by atoms with E-state index in [4.69, 9.17) is 0 Å². The molecule has 20 heavy (non-hydrogen) atoms. The third-order valence-electron chi connectivity index (χ3n) is 3.72. The van der Waals surface area contributed by atoms with Crippen LogP contribution in [0.4, 0.5) is 0 Å². The summed E-state index contributed by atoms with van der Waals surface area (Å²) in [6.45, 7) is 6.26. The molecule has 0 saturated carbocycles. The summed E-state index contributed by atoms with van der Waals surface area (Å²) in [6, 6.07) is 0.218. The van der Waals surface area contributed by atoms with Gasteiger partial charge in [0.2, 0.25) is 11.8 Å². The SMILES string of the molecule is CNCC(=O)NC1CCN(C(=O)CCCC(C)C)CC1. The summed E-state index contributed by atoms with van der Waals surface area (Å²) in [5.41, 5.74) is 0. The summed E-state index contributed by atoms with van der Waals surface area (Å²) in [5.74, 6) is 0.968. The number of rotatable bonds is 7. The Hall–Kier alpha value is -1.10. The average molecular weight is 283 g/mol. The Balaban J connectivity index is 2.20. The molecule has 2 amide bonds. The molecular formula is C15H29N3O2. The Bertz CT molecular complexity index is 310. The van der Waals surface area contributed by atoms with Crippen molar-refractivity contribution in [1.82, 2.24) is 15.5 Å².